The Hall–Kier alpha value is -2.81. The van der Waals surface area contributed by atoms with E-state index in [1.54, 1.807) is 0 Å². The number of esters is 1. The van der Waals surface area contributed by atoms with Gasteiger partial charge in [0.05, 0.1) is 33.8 Å². The average molecular weight is 1000 g/mol. The zero-order valence-corrected chi connectivity index (χ0v) is 46.9. The van der Waals surface area contributed by atoms with E-state index in [2.05, 4.69) is 38.2 Å². The predicted molar refractivity (Wildman–Crippen MR) is 300 cm³/mol. The maximum absolute atomic E-state index is 13.5. The summed E-state index contributed by atoms with van der Waals surface area (Å²) in [5, 5.41) is 3.03. The first-order valence-electron chi connectivity index (χ1n) is 28.5. The van der Waals surface area contributed by atoms with Crippen LogP contribution in [-0.4, -0.2) is 74.3 Å². The molecule has 9 nitrogen and oxygen atoms in total. The number of nitrogens with one attached hydrogen (secondary N) is 1. The van der Waals surface area contributed by atoms with Crippen LogP contribution in [0.4, 0.5) is 0 Å². The summed E-state index contributed by atoms with van der Waals surface area (Å²) in [7, 11) is 1.46. The summed E-state index contributed by atoms with van der Waals surface area (Å²) in [4.78, 5) is 37.5. The van der Waals surface area contributed by atoms with Crippen LogP contribution in [0.5, 0.6) is 0 Å². The summed E-state index contributed by atoms with van der Waals surface area (Å²) < 4.78 is 30.6. The molecule has 0 aromatic carbocycles. The fraction of sp³-hybridized carbons (Fsp3) is 0.733. The van der Waals surface area contributed by atoms with Crippen LogP contribution in [-0.2, 0) is 27.9 Å². The minimum Gasteiger partial charge on any atom is -0.456 e. The Bertz CT molecular complexity index is 1480. The van der Waals surface area contributed by atoms with Gasteiger partial charge in [0.25, 0.3) is 0 Å². The minimum absolute atomic E-state index is 0.0300. The van der Waals surface area contributed by atoms with Crippen molar-refractivity contribution in [2.75, 3.05) is 40.9 Å². The summed E-state index contributed by atoms with van der Waals surface area (Å²) in [5.74, 6) is -0.557. The number of phosphoric ester groups is 1. The van der Waals surface area contributed by atoms with Crippen molar-refractivity contribution in [2.24, 2.45) is 0 Å². The van der Waals surface area contributed by atoms with Gasteiger partial charge in [0.1, 0.15) is 19.3 Å². The number of ether oxygens (including phenoxy) is 1. The first-order chi connectivity index (χ1) is 33.9. The van der Waals surface area contributed by atoms with Gasteiger partial charge >= 0.3 is 13.8 Å². The molecule has 3 atom stereocenters. The molecular weight excluding hydrogens is 892 g/mol. The molecule has 0 saturated heterocycles. The van der Waals surface area contributed by atoms with E-state index in [0.29, 0.717) is 23.9 Å². The number of quaternary nitrogens is 1. The Balaban J connectivity index is 5.41. The highest BCUT2D eigenvalue weighted by Gasteiger charge is 2.30. The van der Waals surface area contributed by atoms with Gasteiger partial charge in [-0.05, 0) is 51.0 Å². The summed E-state index contributed by atoms with van der Waals surface area (Å²) in [5.41, 5.74) is 0. The highest BCUT2D eigenvalue weighted by Crippen LogP contribution is 2.43. The van der Waals surface area contributed by atoms with Crippen molar-refractivity contribution in [3.63, 3.8) is 0 Å². The lowest BCUT2D eigenvalue weighted by molar-refractivity contribution is -0.870. The number of hydrogen-bond acceptors (Lipinski definition) is 6. The van der Waals surface area contributed by atoms with Crippen molar-refractivity contribution in [2.45, 2.75) is 245 Å². The van der Waals surface area contributed by atoms with Crippen LogP contribution in [0.2, 0.25) is 0 Å². The fourth-order valence-electron chi connectivity index (χ4n) is 7.85. The van der Waals surface area contributed by atoms with Gasteiger partial charge in [-0.2, -0.15) is 0 Å². The topological polar surface area (TPSA) is 111 Å². The van der Waals surface area contributed by atoms with Crippen molar-refractivity contribution in [3.8, 4) is 0 Å². The van der Waals surface area contributed by atoms with E-state index in [-0.39, 0.29) is 31.5 Å². The second kappa shape index (κ2) is 49.8. The monoisotopic (exact) mass is 1000 g/mol. The maximum atomic E-state index is 13.5. The van der Waals surface area contributed by atoms with Crippen molar-refractivity contribution < 1.29 is 37.3 Å². The SMILES string of the molecule is CC\C=C/C=C/C=C/C=C\C=C\C=C\CCCCCC(=O)OC(/C=C/CCCCCCCCCCC)C(COP(=O)(O)OCC[N+](C)(C)C)NC(=O)CCCCCCCCCCCCCCCCCC. The van der Waals surface area contributed by atoms with Crippen LogP contribution in [0.3, 0.4) is 0 Å². The Labute approximate surface area is 431 Å². The van der Waals surface area contributed by atoms with E-state index in [4.69, 9.17) is 13.8 Å². The zero-order valence-electron chi connectivity index (χ0n) is 46.0. The van der Waals surface area contributed by atoms with Gasteiger partial charge < -0.3 is 19.4 Å². The number of rotatable bonds is 50. The van der Waals surface area contributed by atoms with Crippen LogP contribution >= 0.6 is 7.82 Å². The first-order valence-corrected chi connectivity index (χ1v) is 30.0. The van der Waals surface area contributed by atoms with E-state index < -0.39 is 20.0 Å². The molecule has 0 spiro atoms. The fourth-order valence-corrected chi connectivity index (χ4v) is 8.59. The normalized spacial score (nSPS) is 14.4. The molecule has 404 valence electrons. The van der Waals surface area contributed by atoms with E-state index in [1.807, 2.05) is 94.1 Å². The molecule has 0 aromatic heterocycles. The third-order valence-corrected chi connectivity index (χ3v) is 13.2. The van der Waals surface area contributed by atoms with Crippen LogP contribution in [0.1, 0.15) is 233 Å². The molecule has 70 heavy (non-hydrogen) atoms. The molecule has 0 saturated carbocycles. The molecule has 0 aliphatic carbocycles. The number of allylic oxidation sites excluding steroid dienone is 13. The standard InChI is InChI=1S/C60H107N2O7P/c1-7-10-13-16-19-22-25-27-29-31-33-35-38-41-44-47-50-53-60(64)69-58(51-48-45-42-39-36-24-21-18-15-12-9-3)57(56-68-70(65,66)67-55-54-62(4,5)6)61-59(63)52-49-46-43-40-37-34-32-30-28-26-23-20-17-14-11-8-2/h10,13,16,19,22,25,27,29,31,33,35,38,48,51,57-58H,7-9,11-12,14-15,17-18,20-21,23-24,26,28,30,32,34,36-37,39-47,49-50,52-56H2,1-6H3,(H-,61,63,65,66)/p+1/b13-10-,19-16+,25-22+,29-27-,33-31+,38-35+,51-48+. The third kappa shape index (κ3) is 50.1. The van der Waals surface area contributed by atoms with E-state index >= 15 is 0 Å². The predicted octanol–water partition coefficient (Wildman–Crippen LogP) is 17.0. The number of carbonyl (C=O) groups excluding carboxylic acids is 2. The maximum Gasteiger partial charge on any atom is 0.472 e. The number of carbonyl (C=O) groups is 2. The number of unbranched alkanes of at least 4 members (excludes halogenated alkanes) is 27. The quantitative estimate of drug-likeness (QED) is 0.0156. The highest BCUT2D eigenvalue weighted by atomic mass is 31.2. The Morgan fingerprint density at radius 3 is 1.39 bits per heavy atom. The molecule has 0 radical (unpaired) electrons. The van der Waals surface area contributed by atoms with Crippen LogP contribution < -0.4 is 5.32 Å². The molecule has 0 aliphatic heterocycles. The summed E-state index contributed by atoms with van der Waals surface area (Å²) in [6.07, 6.45) is 64.3. The summed E-state index contributed by atoms with van der Waals surface area (Å²) >= 11 is 0. The molecule has 3 unspecified atom stereocenters. The lowest BCUT2D eigenvalue weighted by atomic mass is 10.0. The van der Waals surface area contributed by atoms with Gasteiger partial charge in [-0.25, -0.2) is 4.57 Å². The Kier molecular flexibility index (Phi) is 47.8. The molecule has 10 heteroatoms. The van der Waals surface area contributed by atoms with Gasteiger partial charge in [0.15, 0.2) is 0 Å². The van der Waals surface area contributed by atoms with Gasteiger partial charge in [-0.3, -0.25) is 18.6 Å². The molecule has 0 heterocycles. The minimum atomic E-state index is -4.46. The van der Waals surface area contributed by atoms with Crippen molar-refractivity contribution in [1.29, 1.82) is 0 Å². The smallest absolute Gasteiger partial charge is 0.456 e. The third-order valence-electron chi connectivity index (χ3n) is 12.3. The van der Waals surface area contributed by atoms with Crippen molar-refractivity contribution in [3.05, 3.63) is 85.1 Å². The largest absolute Gasteiger partial charge is 0.472 e. The van der Waals surface area contributed by atoms with Crippen molar-refractivity contribution in [1.82, 2.24) is 5.32 Å². The molecule has 1 amide bonds. The number of hydrogen-bond donors (Lipinski definition) is 2. The molecular formula is C60H108N2O7P+. The number of phosphoric acid groups is 1. The first kappa shape index (κ1) is 67.2. The lowest BCUT2D eigenvalue weighted by Crippen LogP contribution is -2.47. The lowest BCUT2D eigenvalue weighted by Gasteiger charge is -2.27. The summed E-state index contributed by atoms with van der Waals surface area (Å²) in [6, 6.07) is -0.867. The van der Waals surface area contributed by atoms with Crippen molar-refractivity contribution >= 4 is 19.7 Å². The van der Waals surface area contributed by atoms with Gasteiger partial charge in [-0.15, -0.1) is 0 Å². The van der Waals surface area contributed by atoms with Gasteiger partial charge in [0, 0.05) is 12.8 Å². The second-order valence-corrected chi connectivity index (χ2v) is 21.7. The number of likely N-dealkylation sites (N-methyl/N-ethyl adjacent to an activating group) is 1. The Morgan fingerprint density at radius 2 is 0.914 bits per heavy atom. The summed E-state index contributed by atoms with van der Waals surface area (Å²) in [6.45, 7) is 6.83. The van der Waals surface area contributed by atoms with E-state index in [0.717, 1.165) is 64.2 Å². The molecule has 0 aliphatic rings. The molecule has 0 rings (SSSR count). The average Bonchev–Trinajstić information content (AvgIpc) is 3.32. The van der Waals surface area contributed by atoms with Crippen LogP contribution in [0, 0.1) is 0 Å². The van der Waals surface area contributed by atoms with E-state index in [1.165, 1.54) is 128 Å². The zero-order chi connectivity index (χ0) is 51.5. The van der Waals surface area contributed by atoms with Gasteiger partial charge in [-0.1, -0.05) is 254 Å². The molecule has 0 bridgehead atoms. The van der Waals surface area contributed by atoms with Gasteiger partial charge in [0.2, 0.25) is 5.91 Å². The van der Waals surface area contributed by atoms with Crippen LogP contribution in [0.25, 0.3) is 0 Å². The van der Waals surface area contributed by atoms with E-state index in [9.17, 15) is 19.0 Å². The number of nitrogens with zero attached hydrogens (tertiary/aromatic N) is 1. The van der Waals surface area contributed by atoms with Crippen LogP contribution in [0.15, 0.2) is 85.1 Å². The molecule has 2 N–H and O–H groups in total. The molecule has 0 aromatic rings. The highest BCUT2D eigenvalue weighted by molar-refractivity contribution is 7.47. The molecule has 0 fully saturated rings. The number of amides is 1. The second-order valence-electron chi connectivity index (χ2n) is 20.2. The Morgan fingerprint density at radius 1 is 0.514 bits per heavy atom.